The monoisotopic (exact) mass is 340 g/mol. The molecule has 2 N–H and O–H groups in total. The van der Waals surface area contributed by atoms with Gasteiger partial charge in [0.2, 0.25) is 0 Å². The summed E-state index contributed by atoms with van der Waals surface area (Å²) in [7, 11) is 0. The minimum atomic E-state index is 0.111. The topological polar surface area (TPSA) is 121 Å². The van der Waals surface area contributed by atoms with Crippen molar-refractivity contribution >= 4 is 29.4 Å². The Bertz CT molecular complexity index is 861. The van der Waals surface area contributed by atoms with Crippen LogP contribution in [0, 0.1) is 22.7 Å². The Morgan fingerprint density at radius 1 is 1.17 bits per heavy atom. The van der Waals surface area contributed by atoms with Crippen molar-refractivity contribution in [1.82, 2.24) is 14.4 Å². The van der Waals surface area contributed by atoms with Crippen LogP contribution in [-0.2, 0) is 4.79 Å². The van der Waals surface area contributed by atoms with Gasteiger partial charge in [-0.25, -0.2) is 9.97 Å². The number of pyridine rings is 2. The average molecular weight is 341 g/mol. The number of imidazole rings is 1. The highest BCUT2D eigenvalue weighted by Crippen LogP contribution is 2.02. The van der Waals surface area contributed by atoms with E-state index in [1.807, 2.05) is 22.7 Å². The number of hydrogen-bond acceptors (Lipinski definition) is 6. The maximum atomic E-state index is 9.04. The number of carbonyl (C=O) groups is 1. The Morgan fingerprint density at radius 2 is 1.83 bits per heavy atom. The number of halogens is 1. The first-order valence-corrected chi connectivity index (χ1v) is 7.12. The minimum Gasteiger partial charge on any atom is -0.384 e. The molecule has 3 aromatic rings. The molecule has 0 bridgehead atoms. The summed E-state index contributed by atoms with van der Waals surface area (Å²) in [6, 6.07) is 10.8. The van der Waals surface area contributed by atoms with Crippen LogP contribution in [0.5, 0.6) is 0 Å². The number of nitriles is 2. The van der Waals surface area contributed by atoms with Crippen LogP contribution >= 0.6 is 11.6 Å². The van der Waals surface area contributed by atoms with Gasteiger partial charge in [0.15, 0.2) is 0 Å². The molecule has 3 aromatic heterocycles. The zero-order valence-electron chi connectivity index (χ0n) is 12.5. The fourth-order valence-corrected chi connectivity index (χ4v) is 1.46. The first kappa shape index (κ1) is 18.6. The molecule has 8 heteroatoms. The first-order chi connectivity index (χ1) is 11.6. The molecule has 3 rings (SSSR count). The van der Waals surface area contributed by atoms with Crippen LogP contribution < -0.4 is 5.73 Å². The molecule has 120 valence electrons. The molecule has 3 heterocycles. The van der Waals surface area contributed by atoms with E-state index in [0.717, 1.165) is 5.65 Å². The van der Waals surface area contributed by atoms with E-state index in [1.54, 1.807) is 30.6 Å². The third kappa shape index (κ3) is 6.14. The number of nitrogens with two attached hydrogens (primary N) is 1. The second kappa shape index (κ2) is 10.3. The van der Waals surface area contributed by atoms with Crippen molar-refractivity contribution in [2.24, 2.45) is 0 Å². The largest absolute Gasteiger partial charge is 0.384 e. The molecule has 0 saturated carbocycles. The summed E-state index contributed by atoms with van der Waals surface area (Å²) in [5, 5.41) is 16.8. The summed E-state index contributed by atoms with van der Waals surface area (Å²) >= 11 is 4.82. The quantitative estimate of drug-likeness (QED) is 0.535. The molecule has 0 spiro atoms. The third-order valence-corrected chi connectivity index (χ3v) is 2.62. The van der Waals surface area contributed by atoms with Crippen molar-refractivity contribution in [3.05, 3.63) is 60.2 Å². The van der Waals surface area contributed by atoms with Gasteiger partial charge in [-0.1, -0.05) is 0 Å². The van der Waals surface area contributed by atoms with Gasteiger partial charge in [-0.2, -0.15) is 10.5 Å². The van der Waals surface area contributed by atoms with Gasteiger partial charge in [0.25, 0.3) is 0 Å². The van der Waals surface area contributed by atoms with Crippen molar-refractivity contribution in [3.63, 3.8) is 0 Å². The average Bonchev–Trinajstić information content (AvgIpc) is 3.10. The van der Waals surface area contributed by atoms with Gasteiger partial charge < -0.3 is 14.9 Å². The number of rotatable bonds is 1. The Kier molecular flexibility index (Phi) is 8.02. The second-order valence-electron chi connectivity index (χ2n) is 4.13. The molecular weight excluding hydrogens is 328 g/mol. The van der Waals surface area contributed by atoms with Crippen LogP contribution in [-0.4, -0.2) is 26.5 Å². The van der Waals surface area contributed by atoms with Gasteiger partial charge in [-0.05, 0) is 24.3 Å². The van der Waals surface area contributed by atoms with Crippen molar-refractivity contribution in [3.8, 4) is 12.1 Å². The molecule has 0 fully saturated rings. The fraction of sp³-hybridized carbons (Fsp3) is 0.0625. The molecule has 0 aliphatic heterocycles. The van der Waals surface area contributed by atoms with Crippen molar-refractivity contribution in [2.45, 2.75) is 0 Å². The van der Waals surface area contributed by atoms with Crippen LogP contribution in [0.25, 0.3) is 5.65 Å². The lowest BCUT2D eigenvalue weighted by Gasteiger charge is -1.91. The van der Waals surface area contributed by atoms with E-state index < -0.39 is 0 Å². The van der Waals surface area contributed by atoms with E-state index >= 15 is 0 Å². The number of aromatic nitrogens is 3. The van der Waals surface area contributed by atoms with Gasteiger partial charge in [-0.15, -0.1) is 11.6 Å². The summed E-state index contributed by atoms with van der Waals surface area (Å²) < 4.78 is 1.82. The molecule has 7 nitrogen and oxygen atoms in total. The summed E-state index contributed by atoms with van der Waals surface area (Å²) in [6.07, 6.45) is 7.35. The Morgan fingerprint density at radius 3 is 2.38 bits per heavy atom. The number of anilines is 1. The van der Waals surface area contributed by atoms with Crippen LogP contribution in [0.2, 0.25) is 0 Å². The van der Waals surface area contributed by atoms with Crippen LogP contribution in [0.3, 0.4) is 0 Å². The Balaban J connectivity index is 0.000000201. The van der Waals surface area contributed by atoms with Gasteiger partial charge in [-0.3, -0.25) is 0 Å². The standard InChI is InChI=1S/C8H5N3.C6H5N3.C2H3ClO/c9-5-7-1-2-8-10-3-4-11(8)6-7;7-3-5-1-2-6(8)9-4-5;3-1-2-4/h1-4,6H;1-2,4H,(H2,8,9);2H,1H2. The minimum absolute atomic E-state index is 0.111. The predicted octanol–water partition coefficient (Wildman–Crippen LogP) is 2.17. The van der Waals surface area contributed by atoms with E-state index in [-0.39, 0.29) is 5.88 Å². The van der Waals surface area contributed by atoms with E-state index in [4.69, 9.17) is 32.7 Å². The maximum Gasteiger partial charge on any atom is 0.136 e. The van der Waals surface area contributed by atoms with Crippen molar-refractivity contribution in [2.75, 3.05) is 11.6 Å². The van der Waals surface area contributed by atoms with Gasteiger partial charge in [0.1, 0.15) is 29.9 Å². The van der Waals surface area contributed by atoms with E-state index in [2.05, 4.69) is 16.0 Å². The number of nitrogen functional groups attached to an aromatic ring is 1. The molecule has 0 aliphatic rings. The normalized spacial score (nSPS) is 8.62. The molecule has 0 saturated heterocycles. The maximum absolute atomic E-state index is 9.04. The number of alkyl halides is 1. The highest BCUT2D eigenvalue weighted by atomic mass is 35.5. The summed E-state index contributed by atoms with van der Waals surface area (Å²) in [6.45, 7) is 0. The van der Waals surface area contributed by atoms with E-state index in [1.165, 1.54) is 6.20 Å². The number of nitrogens with zero attached hydrogens (tertiary/aromatic N) is 5. The lowest BCUT2D eigenvalue weighted by atomic mass is 10.3. The molecule has 0 radical (unpaired) electrons. The molecule has 24 heavy (non-hydrogen) atoms. The summed E-state index contributed by atoms with van der Waals surface area (Å²) in [5.74, 6) is 0.550. The SMILES string of the molecule is N#Cc1ccc(N)nc1.N#Cc1ccc2nccn2c1.O=CCCl. The number of carbonyl (C=O) groups excluding carboxylic acids is 1. The second-order valence-corrected chi connectivity index (χ2v) is 4.44. The lowest BCUT2D eigenvalue weighted by Crippen LogP contribution is -1.88. The van der Waals surface area contributed by atoms with Crippen molar-refractivity contribution in [1.29, 1.82) is 10.5 Å². The molecule has 0 unspecified atom stereocenters. The molecule has 0 atom stereocenters. The molecular formula is C16H13ClN6O. The van der Waals surface area contributed by atoms with Crippen LogP contribution in [0.4, 0.5) is 5.82 Å². The van der Waals surface area contributed by atoms with Gasteiger partial charge in [0.05, 0.1) is 17.0 Å². The zero-order chi connectivity index (χ0) is 17.8. The summed E-state index contributed by atoms with van der Waals surface area (Å²) in [4.78, 5) is 16.8. The highest BCUT2D eigenvalue weighted by molar-refractivity contribution is 6.24. The van der Waals surface area contributed by atoms with Crippen molar-refractivity contribution < 1.29 is 4.79 Å². The third-order valence-electron chi connectivity index (χ3n) is 2.50. The predicted molar refractivity (Wildman–Crippen MR) is 90.1 cm³/mol. The number of hydrogen-bond donors (Lipinski definition) is 1. The number of aldehydes is 1. The number of fused-ring (bicyclic) bond motifs is 1. The van der Waals surface area contributed by atoms with E-state index in [9.17, 15) is 0 Å². The smallest absolute Gasteiger partial charge is 0.136 e. The van der Waals surface area contributed by atoms with Crippen LogP contribution in [0.15, 0.2) is 49.1 Å². The van der Waals surface area contributed by atoms with Gasteiger partial charge in [0, 0.05) is 24.8 Å². The van der Waals surface area contributed by atoms with Gasteiger partial charge >= 0.3 is 0 Å². The first-order valence-electron chi connectivity index (χ1n) is 6.58. The molecule has 0 amide bonds. The zero-order valence-corrected chi connectivity index (χ0v) is 13.3. The molecule has 0 aliphatic carbocycles. The summed E-state index contributed by atoms with van der Waals surface area (Å²) in [5.41, 5.74) is 7.31. The fourth-order valence-electron chi connectivity index (χ4n) is 1.46. The highest BCUT2D eigenvalue weighted by Gasteiger charge is 1.93. The Hall–Kier alpha value is -3.42. The lowest BCUT2D eigenvalue weighted by molar-refractivity contribution is -0.105. The van der Waals surface area contributed by atoms with Crippen LogP contribution in [0.1, 0.15) is 11.1 Å². The molecule has 0 aromatic carbocycles. The van der Waals surface area contributed by atoms with E-state index in [0.29, 0.717) is 23.2 Å². The Labute approximate surface area is 143 Å².